The summed E-state index contributed by atoms with van der Waals surface area (Å²) in [5, 5.41) is 4.92. The van der Waals surface area contributed by atoms with Gasteiger partial charge in [0.15, 0.2) is 0 Å². The maximum absolute atomic E-state index is 11.9. The first-order valence-electron chi connectivity index (χ1n) is 5.53. The van der Waals surface area contributed by atoms with Crippen molar-refractivity contribution in [2.24, 2.45) is 11.7 Å². The first-order chi connectivity index (χ1) is 7.47. The molecule has 1 aromatic heterocycles. The molecule has 98 valence electrons. The second-order valence-electron chi connectivity index (χ2n) is 4.79. The van der Waals surface area contributed by atoms with Gasteiger partial charge in [0, 0.05) is 6.54 Å². The number of thiophene rings is 1. The SMILES string of the molecule is CC(C)CC(C)(CN)NC(=O)c1cccs1.Cl. The molecule has 1 heterocycles. The zero-order chi connectivity index (χ0) is 12.2. The van der Waals surface area contributed by atoms with Crippen LogP contribution in [0.4, 0.5) is 0 Å². The predicted octanol–water partition coefficient (Wildman–Crippen LogP) is 2.66. The normalized spacial score (nSPS) is 13.9. The molecular formula is C12H21ClN2OS. The van der Waals surface area contributed by atoms with Crippen molar-refractivity contribution in [3.05, 3.63) is 22.4 Å². The van der Waals surface area contributed by atoms with Crippen LogP contribution in [0.2, 0.25) is 0 Å². The summed E-state index contributed by atoms with van der Waals surface area (Å²) in [5.74, 6) is 0.487. The lowest BCUT2D eigenvalue weighted by Gasteiger charge is -2.31. The Bertz CT molecular complexity index is 340. The maximum atomic E-state index is 11.9. The zero-order valence-electron chi connectivity index (χ0n) is 10.5. The minimum absolute atomic E-state index is 0. The van der Waals surface area contributed by atoms with Gasteiger partial charge in [0.05, 0.1) is 10.4 Å². The third kappa shape index (κ3) is 5.06. The van der Waals surface area contributed by atoms with Gasteiger partial charge in [0.25, 0.3) is 5.91 Å². The lowest BCUT2D eigenvalue weighted by Crippen LogP contribution is -2.52. The van der Waals surface area contributed by atoms with Crippen molar-refractivity contribution in [1.82, 2.24) is 5.32 Å². The van der Waals surface area contributed by atoms with E-state index in [0.717, 1.165) is 11.3 Å². The van der Waals surface area contributed by atoms with Crippen molar-refractivity contribution in [2.75, 3.05) is 6.54 Å². The van der Waals surface area contributed by atoms with Gasteiger partial charge >= 0.3 is 0 Å². The third-order valence-corrected chi connectivity index (χ3v) is 3.34. The van der Waals surface area contributed by atoms with E-state index < -0.39 is 0 Å². The number of carbonyl (C=O) groups excluding carboxylic acids is 1. The highest BCUT2D eigenvalue weighted by atomic mass is 35.5. The molecule has 1 amide bonds. The minimum Gasteiger partial charge on any atom is -0.345 e. The summed E-state index contributed by atoms with van der Waals surface area (Å²) in [7, 11) is 0. The first kappa shape index (κ1) is 16.4. The van der Waals surface area contributed by atoms with Crippen LogP contribution < -0.4 is 11.1 Å². The van der Waals surface area contributed by atoms with Crippen molar-refractivity contribution in [3.8, 4) is 0 Å². The Hall–Kier alpha value is -0.580. The second kappa shape index (κ2) is 6.99. The van der Waals surface area contributed by atoms with Crippen LogP contribution in [0.3, 0.4) is 0 Å². The maximum Gasteiger partial charge on any atom is 0.261 e. The van der Waals surface area contributed by atoms with E-state index in [4.69, 9.17) is 5.73 Å². The number of hydrogen-bond donors (Lipinski definition) is 2. The number of nitrogens with one attached hydrogen (secondary N) is 1. The fourth-order valence-corrected chi connectivity index (χ4v) is 2.45. The Morgan fingerprint density at radius 1 is 1.59 bits per heavy atom. The van der Waals surface area contributed by atoms with E-state index in [1.165, 1.54) is 11.3 Å². The van der Waals surface area contributed by atoms with Gasteiger partial charge in [0.1, 0.15) is 0 Å². The highest BCUT2D eigenvalue weighted by Crippen LogP contribution is 2.17. The Kier molecular flexibility index (Phi) is 6.75. The first-order valence-corrected chi connectivity index (χ1v) is 6.41. The summed E-state index contributed by atoms with van der Waals surface area (Å²) in [6.07, 6.45) is 0.889. The number of amides is 1. The van der Waals surface area contributed by atoms with Crippen molar-refractivity contribution < 1.29 is 4.79 Å². The number of rotatable bonds is 5. The molecule has 0 radical (unpaired) electrons. The summed E-state index contributed by atoms with van der Waals surface area (Å²) in [6.45, 7) is 6.72. The minimum atomic E-state index is -0.310. The highest BCUT2D eigenvalue weighted by Gasteiger charge is 2.26. The Labute approximate surface area is 113 Å². The second-order valence-corrected chi connectivity index (χ2v) is 5.74. The molecule has 0 spiro atoms. The van der Waals surface area contributed by atoms with Crippen LogP contribution in [-0.2, 0) is 0 Å². The third-order valence-electron chi connectivity index (χ3n) is 2.47. The molecule has 0 aliphatic heterocycles. The molecule has 0 aliphatic rings. The fraction of sp³-hybridized carbons (Fsp3) is 0.583. The average Bonchev–Trinajstić information content (AvgIpc) is 2.69. The van der Waals surface area contributed by atoms with Crippen LogP contribution in [0.1, 0.15) is 36.9 Å². The Morgan fingerprint density at radius 2 is 2.24 bits per heavy atom. The smallest absolute Gasteiger partial charge is 0.261 e. The van der Waals surface area contributed by atoms with Crippen LogP contribution in [0, 0.1) is 5.92 Å². The average molecular weight is 277 g/mol. The largest absolute Gasteiger partial charge is 0.345 e. The zero-order valence-corrected chi connectivity index (χ0v) is 12.2. The number of carbonyl (C=O) groups is 1. The fourth-order valence-electron chi connectivity index (χ4n) is 1.83. The Balaban J connectivity index is 0.00000256. The van der Waals surface area contributed by atoms with Gasteiger partial charge in [-0.25, -0.2) is 0 Å². The molecule has 1 unspecified atom stereocenters. The molecule has 0 fully saturated rings. The monoisotopic (exact) mass is 276 g/mol. The summed E-state index contributed by atoms with van der Waals surface area (Å²) in [5.41, 5.74) is 5.44. The van der Waals surface area contributed by atoms with Crippen molar-refractivity contribution >= 4 is 29.7 Å². The summed E-state index contributed by atoms with van der Waals surface area (Å²) in [4.78, 5) is 12.6. The highest BCUT2D eigenvalue weighted by molar-refractivity contribution is 7.12. The van der Waals surface area contributed by atoms with Gasteiger partial charge in [-0.3, -0.25) is 4.79 Å². The van der Waals surface area contributed by atoms with Crippen molar-refractivity contribution in [1.29, 1.82) is 0 Å². The summed E-state index contributed by atoms with van der Waals surface area (Å²) >= 11 is 1.45. The lowest BCUT2D eigenvalue weighted by atomic mass is 9.90. The molecule has 0 saturated carbocycles. The van der Waals surface area contributed by atoms with Gasteiger partial charge in [-0.15, -0.1) is 23.7 Å². The molecule has 0 aliphatic carbocycles. The van der Waals surface area contributed by atoms with Gasteiger partial charge in [-0.2, -0.15) is 0 Å². The lowest BCUT2D eigenvalue weighted by molar-refractivity contribution is 0.0902. The Morgan fingerprint density at radius 3 is 2.65 bits per heavy atom. The van der Waals surface area contributed by atoms with E-state index in [0.29, 0.717) is 12.5 Å². The van der Waals surface area contributed by atoms with Gasteiger partial charge in [0.2, 0.25) is 0 Å². The molecule has 5 heteroatoms. The molecule has 3 N–H and O–H groups in total. The number of hydrogen-bond acceptors (Lipinski definition) is 3. The van der Waals surface area contributed by atoms with E-state index in [-0.39, 0.29) is 23.9 Å². The van der Waals surface area contributed by atoms with Crippen LogP contribution in [0.25, 0.3) is 0 Å². The van der Waals surface area contributed by atoms with Gasteiger partial charge < -0.3 is 11.1 Å². The quantitative estimate of drug-likeness (QED) is 0.869. The molecule has 3 nitrogen and oxygen atoms in total. The van der Waals surface area contributed by atoms with E-state index in [2.05, 4.69) is 19.2 Å². The van der Waals surface area contributed by atoms with E-state index in [1.807, 2.05) is 24.4 Å². The standard InChI is InChI=1S/C12H20N2OS.ClH/c1-9(2)7-12(3,8-13)14-11(15)10-5-4-6-16-10;/h4-6,9H,7-8,13H2,1-3H3,(H,14,15);1H. The summed E-state index contributed by atoms with van der Waals surface area (Å²) in [6, 6.07) is 3.70. The molecule has 0 saturated heterocycles. The molecule has 0 bridgehead atoms. The molecule has 17 heavy (non-hydrogen) atoms. The molecule has 1 aromatic rings. The predicted molar refractivity (Wildman–Crippen MR) is 75.9 cm³/mol. The van der Waals surface area contributed by atoms with Crippen LogP contribution >= 0.6 is 23.7 Å². The van der Waals surface area contributed by atoms with Crippen LogP contribution in [0.5, 0.6) is 0 Å². The van der Waals surface area contributed by atoms with Gasteiger partial charge in [-0.1, -0.05) is 19.9 Å². The molecule has 0 aromatic carbocycles. The van der Waals surface area contributed by atoms with E-state index in [1.54, 1.807) is 0 Å². The van der Waals surface area contributed by atoms with Crippen molar-refractivity contribution in [2.45, 2.75) is 32.7 Å². The molecule has 1 rings (SSSR count). The van der Waals surface area contributed by atoms with Crippen molar-refractivity contribution in [3.63, 3.8) is 0 Å². The van der Waals surface area contributed by atoms with E-state index >= 15 is 0 Å². The van der Waals surface area contributed by atoms with Crippen LogP contribution in [-0.4, -0.2) is 18.0 Å². The summed E-state index contributed by atoms with van der Waals surface area (Å²) < 4.78 is 0. The van der Waals surface area contributed by atoms with E-state index in [9.17, 15) is 4.79 Å². The number of halogens is 1. The van der Waals surface area contributed by atoms with Crippen LogP contribution in [0.15, 0.2) is 17.5 Å². The molecular weight excluding hydrogens is 256 g/mol. The molecule has 1 atom stereocenters. The van der Waals surface area contributed by atoms with Gasteiger partial charge in [-0.05, 0) is 30.7 Å². The topological polar surface area (TPSA) is 55.1 Å². The number of nitrogens with two attached hydrogens (primary N) is 1.